The molecule has 10 heteroatoms. The van der Waals surface area contributed by atoms with Gasteiger partial charge >= 0.3 is 6.18 Å². The van der Waals surface area contributed by atoms with Crippen LogP contribution in [0, 0.1) is 5.82 Å². The Labute approximate surface area is 176 Å². The largest absolute Gasteiger partial charge is 0.416 e. The fourth-order valence-electron chi connectivity index (χ4n) is 2.16. The van der Waals surface area contributed by atoms with Crippen LogP contribution in [0.5, 0.6) is 0 Å². The Hall–Kier alpha value is -1.62. The van der Waals surface area contributed by atoms with E-state index in [1.807, 2.05) is 6.92 Å². The van der Waals surface area contributed by atoms with Gasteiger partial charge in [-0.2, -0.15) is 13.2 Å². The minimum absolute atomic E-state index is 0. The zero-order chi connectivity index (χ0) is 19.2. The average molecular weight is 517 g/mol. The van der Waals surface area contributed by atoms with Gasteiger partial charge in [-0.15, -0.1) is 24.0 Å². The Morgan fingerprint density at radius 1 is 1.19 bits per heavy atom. The van der Waals surface area contributed by atoms with Crippen molar-refractivity contribution in [3.05, 3.63) is 64.2 Å². The Kier molecular flexibility index (Phi) is 9.23. The number of rotatable bonds is 5. The molecule has 0 aliphatic carbocycles. The first kappa shape index (κ1) is 23.4. The van der Waals surface area contributed by atoms with Crippen LogP contribution in [-0.2, 0) is 19.3 Å². The van der Waals surface area contributed by atoms with E-state index in [4.69, 9.17) is 11.6 Å². The molecule has 1 aromatic carbocycles. The van der Waals surface area contributed by atoms with Crippen molar-refractivity contribution in [1.29, 1.82) is 0 Å². The molecular weight excluding hydrogens is 499 g/mol. The van der Waals surface area contributed by atoms with E-state index in [1.165, 1.54) is 0 Å². The van der Waals surface area contributed by atoms with Crippen molar-refractivity contribution in [2.75, 3.05) is 6.54 Å². The van der Waals surface area contributed by atoms with E-state index < -0.39 is 17.6 Å². The smallest absolute Gasteiger partial charge is 0.357 e. The fourth-order valence-corrected chi connectivity index (χ4v) is 2.27. The fraction of sp³-hybridized carbons (Fsp3) is 0.294. The summed E-state index contributed by atoms with van der Waals surface area (Å²) in [6.07, 6.45) is -3.07. The maximum Gasteiger partial charge on any atom is 0.416 e. The van der Waals surface area contributed by atoms with Crippen LogP contribution in [0.1, 0.15) is 23.6 Å². The number of nitrogens with zero attached hydrogens (tertiary/aromatic N) is 2. The molecule has 0 saturated carbocycles. The monoisotopic (exact) mass is 516 g/mol. The molecule has 2 N–H and O–H groups in total. The number of guanidine groups is 1. The van der Waals surface area contributed by atoms with Crippen molar-refractivity contribution >= 4 is 41.5 Å². The molecule has 0 amide bonds. The molecule has 1 heterocycles. The molecule has 2 rings (SSSR count). The highest BCUT2D eigenvalue weighted by molar-refractivity contribution is 14.0. The highest BCUT2D eigenvalue weighted by Crippen LogP contribution is 2.32. The van der Waals surface area contributed by atoms with Gasteiger partial charge in [-0.25, -0.2) is 14.4 Å². The molecule has 0 saturated heterocycles. The summed E-state index contributed by atoms with van der Waals surface area (Å²) in [5, 5.41) is 6.12. The van der Waals surface area contributed by atoms with E-state index in [2.05, 4.69) is 20.6 Å². The second kappa shape index (κ2) is 10.6. The van der Waals surface area contributed by atoms with Crippen LogP contribution in [0.2, 0.25) is 5.15 Å². The average Bonchev–Trinajstić information content (AvgIpc) is 2.58. The van der Waals surface area contributed by atoms with Gasteiger partial charge in [-0.3, -0.25) is 0 Å². The number of aromatic nitrogens is 1. The van der Waals surface area contributed by atoms with Crippen LogP contribution < -0.4 is 10.6 Å². The van der Waals surface area contributed by atoms with Gasteiger partial charge in [0.25, 0.3) is 0 Å². The van der Waals surface area contributed by atoms with E-state index in [9.17, 15) is 17.6 Å². The molecule has 2 aromatic rings. The molecule has 0 bridgehead atoms. The minimum Gasteiger partial charge on any atom is -0.357 e. The zero-order valence-electron chi connectivity index (χ0n) is 14.3. The summed E-state index contributed by atoms with van der Waals surface area (Å²) >= 11 is 5.71. The molecule has 0 fully saturated rings. The lowest BCUT2D eigenvalue weighted by molar-refractivity contribution is -0.138. The third-order valence-corrected chi connectivity index (χ3v) is 3.60. The SMILES string of the molecule is CCNC(=NCc1ccc(Cl)nc1)NCc1ccc(F)cc1C(F)(F)F.I. The predicted octanol–water partition coefficient (Wildman–Crippen LogP) is 4.77. The summed E-state index contributed by atoms with van der Waals surface area (Å²) < 4.78 is 52.3. The second-order valence-corrected chi connectivity index (χ2v) is 5.72. The summed E-state index contributed by atoms with van der Waals surface area (Å²) in [5.74, 6) is -0.600. The minimum atomic E-state index is -4.64. The van der Waals surface area contributed by atoms with Crippen LogP contribution in [-0.4, -0.2) is 17.5 Å². The normalized spacial score (nSPS) is 11.7. The van der Waals surface area contributed by atoms with Crippen molar-refractivity contribution < 1.29 is 17.6 Å². The van der Waals surface area contributed by atoms with E-state index >= 15 is 0 Å². The number of aliphatic imine (C=N–C) groups is 1. The lowest BCUT2D eigenvalue weighted by Crippen LogP contribution is -2.37. The standard InChI is InChI=1S/C17H17ClF4N4.HI/c1-2-23-16(25-9-11-3-6-15(18)24-8-11)26-10-12-4-5-13(19)7-14(12)17(20,21)22;/h3-8H,2,9-10H2,1H3,(H2,23,25,26);1H. The Balaban J connectivity index is 0.00000364. The van der Waals surface area contributed by atoms with Crippen molar-refractivity contribution in [2.24, 2.45) is 4.99 Å². The van der Waals surface area contributed by atoms with Crippen molar-refractivity contribution in [3.63, 3.8) is 0 Å². The molecule has 0 aliphatic heterocycles. The number of benzene rings is 1. The van der Waals surface area contributed by atoms with E-state index in [0.29, 0.717) is 23.7 Å². The molecule has 0 unspecified atom stereocenters. The Morgan fingerprint density at radius 3 is 2.52 bits per heavy atom. The van der Waals surface area contributed by atoms with Crippen molar-refractivity contribution in [1.82, 2.24) is 15.6 Å². The molecule has 27 heavy (non-hydrogen) atoms. The third-order valence-electron chi connectivity index (χ3n) is 3.38. The highest BCUT2D eigenvalue weighted by atomic mass is 127. The molecule has 1 aromatic heterocycles. The van der Waals surface area contributed by atoms with Gasteiger partial charge in [0.2, 0.25) is 0 Å². The summed E-state index contributed by atoms with van der Waals surface area (Å²) in [6, 6.07) is 5.97. The summed E-state index contributed by atoms with van der Waals surface area (Å²) in [7, 11) is 0. The summed E-state index contributed by atoms with van der Waals surface area (Å²) in [4.78, 5) is 8.23. The maximum atomic E-state index is 13.2. The third kappa shape index (κ3) is 7.49. The lowest BCUT2D eigenvalue weighted by atomic mass is 10.1. The van der Waals surface area contributed by atoms with Gasteiger partial charge in [-0.05, 0) is 36.2 Å². The van der Waals surface area contributed by atoms with Gasteiger partial charge in [-0.1, -0.05) is 23.7 Å². The van der Waals surface area contributed by atoms with Crippen molar-refractivity contribution in [3.8, 4) is 0 Å². The van der Waals surface area contributed by atoms with E-state index in [-0.39, 0.29) is 42.6 Å². The van der Waals surface area contributed by atoms with Crippen LogP contribution in [0.3, 0.4) is 0 Å². The zero-order valence-corrected chi connectivity index (χ0v) is 17.4. The molecule has 0 spiro atoms. The Bertz CT molecular complexity index is 767. The van der Waals surface area contributed by atoms with Gasteiger partial charge < -0.3 is 10.6 Å². The van der Waals surface area contributed by atoms with Crippen LogP contribution in [0.4, 0.5) is 17.6 Å². The first-order chi connectivity index (χ1) is 12.3. The van der Waals surface area contributed by atoms with E-state index in [1.54, 1.807) is 18.3 Å². The summed E-state index contributed by atoms with van der Waals surface area (Å²) in [5.41, 5.74) is -0.287. The molecule has 0 aliphatic rings. The van der Waals surface area contributed by atoms with Gasteiger partial charge in [0.05, 0.1) is 12.1 Å². The Morgan fingerprint density at radius 2 is 1.93 bits per heavy atom. The maximum absolute atomic E-state index is 13.2. The van der Waals surface area contributed by atoms with Crippen LogP contribution in [0.25, 0.3) is 0 Å². The number of alkyl halides is 3. The molecular formula is C17H18ClF4IN4. The predicted molar refractivity (Wildman–Crippen MR) is 108 cm³/mol. The van der Waals surface area contributed by atoms with Crippen LogP contribution >= 0.6 is 35.6 Å². The number of nitrogens with one attached hydrogen (secondary N) is 2. The molecule has 0 radical (unpaired) electrons. The highest BCUT2D eigenvalue weighted by Gasteiger charge is 2.33. The van der Waals surface area contributed by atoms with Gasteiger partial charge in [0.15, 0.2) is 5.96 Å². The van der Waals surface area contributed by atoms with Gasteiger partial charge in [0.1, 0.15) is 11.0 Å². The molecule has 0 atom stereocenters. The number of halogens is 6. The number of pyridine rings is 1. The molecule has 4 nitrogen and oxygen atoms in total. The second-order valence-electron chi connectivity index (χ2n) is 5.34. The molecule has 148 valence electrons. The number of hydrogen-bond donors (Lipinski definition) is 2. The van der Waals surface area contributed by atoms with Gasteiger partial charge in [0, 0.05) is 19.3 Å². The number of hydrogen-bond acceptors (Lipinski definition) is 2. The topological polar surface area (TPSA) is 49.3 Å². The van der Waals surface area contributed by atoms with E-state index in [0.717, 1.165) is 17.7 Å². The first-order valence-electron chi connectivity index (χ1n) is 7.78. The van der Waals surface area contributed by atoms with Crippen molar-refractivity contribution in [2.45, 2.75) is 26.2 Å². The van der Waals surface area contributed by atoms with Crippen LogP contribution in [0.15, 0.2) is 41.5 Å². The first-order valence-corrected chi connectivity index (χ1v) is 8.15. The quantitative estimate of drug-likeness (QED) is 0.198. The lowest BCUT2D eigenvalue weighted by Gasteiger charge is -2.15. The summed E-state index contributed by atoms with van der Waals surface area (Å²) in [6.45, 7) is 2.48.